The fraction of sp³-hybridized carbons (Fsp3) is 0.684. The second-order valence-corrected chi connectivity index (χ2v) is 7.89. The topological polar surface area (TPSA) is 29.3 Å². The highest BCUT2D eigenvalue weighted by Crippen LogP contribution is 2.43. The first-order valence-electron chi connectivity index (χ1n) is 8.57. The molecule has 116 valence electrons. The Balaban J connectivity index is 1.82. The molecular weight excluding hydrogens is 256 g/mol. The lowest BCUT2D eigenvalue weighted by Crippen LogP contribution is -2.56. The summed E-state index contributed by atoms with van der Waals surface area (Å²) in [5.41, 5.74) is 10.1. The quantitative estimate of drug-likeness (QED) is 0.897. The van der Waals surface area contributed by atoms with E-state index in [4.69, 9.17) is 5.73 Å². The van der Waals surface area contributed by atoms with Gasteiger partial charge >= 0.3 is 0 Å². The molecule has 1 saturated carbocycles. The molecule has 0 unspecified atom stereocenters. The van der Waals surface area contributed by atoms with Crippen molar-refractivity contribution in [2.45, 2.75) is 64.5 Å². The van der Waals surface area contributed by atoms with Crippen LogP contribution in [0.5, 0.6) is 0 Å². The van der Waals surface area contributed by atoms with Crippen LogP contribution in [-0.2, 0) is 13.0 Å². The van der Waals surface area contributed by atoms with Crippen LogP contribution in [0.15, 0.2) is 24.3 Å². The molecule has 1 heterocycles. The first kappa shape index (κ1) is 15.1. The smallest absolute Gasteiger partial charge is 0.0335 e. The van der Waals surface area contributed by atoms with Crippen molar-refractivity contribution in [2.24, 2.45) is 11.1 Å². The molecule has 1 aliphatic carbocycles. The summed E-state index contributed by atoms with van der Waals surface area (Å²) in [4.78, 5) is 2.72. The van der Waals surface area contributed by atoms with Crippen LogP contribution in [0.1, 0.15) is 57.1 Å². The average Bonchev–Trinajstić information content (AvgIpc) is 2.70. The van der Waals surface area contributed by atoms with Gasteiger partial charge in [0.15, 0.2) is 0 Å². The van der Waals surface area contributed by atoms with Crippen molar-refractivity contribution in [2.75, 3.05) is 13.1 Å². The monoisotopic (exact) mass is 286 g/mol. The number of hydrogen-bond donors (Lipinski definition) is 1. The number of hydrogen-bond acceptors (Lipinski definition) is 2. The SMILES string of the molecule is CC1(C)CCC(CN)(N2CCCc3ccccc3C2)CC1. The largest absolute Gasteiger partial charge is 0.329 e. The molecule has 1 aliphatic heterocycles. The van der Waals surface area contributed by atoms with Gasteiger partial charge in [-0.2, -0.15) is 0 Å². The van der Waals surface area contributed by atoms with Gasteiger partial charge in [-0.3, -0.25) is 4.90 Å². The maximum absolute atomic E-state index is 6.29. The normalized spacial score (nSPS) is 25.1. The van der Waals surface area contributed by atoms with E-state index in [9.17, 15) is 0 Å². The Bertz CT molecular complexity index is 482. The summed E-state index contributed by atoms with van der Waals surface area (Å²) in [5, 5.41) is 0. The third-order valence-electron chi connectivity index (χ3n) is 5.94. The molecule has 0 radical (unpaired) electrons. The van der Waals surface area contributed by atoms with E-state index < -0.39 is 0 Å². The van der Waals surface area contributed by atoms with Crippen LogP contribution in [0.25, 0.3) is 0 Å². The van der Waals surface area contributed by atoms with Crippen molar-refractivity contribution in [1.29, 1.82) is 0 Å². The Morgan fingerprint density at radius 3 is 2.38 bits per heavy atom. The van der Waals surface area contributed by atoms with E-state index in [1.807, 2.05) is 0 Å². The van der Waals surface area contributed by atoms with Gasteiger partial charge in [-0.15, -0.1) is 0 Å². The zero-order valence-electron chi connectivity index (χ0n) is 13.7. The fourth-order valence-electron chi connectivity index (χ4n) is 4.15. The van der Waals surface area contributed by atoms with Gasteiger partial charge in [0.1, 0.15) is 0 Å². The highest BCUT2D eigenvalue weighted by Gasteiger charge is 2.41. The maximum Gasteiger partial charge on any atom is 0.0335 e. The van der Waals surface area contributed by atoms with Crippen molar-refractivity contribution in [3.05, 3.63) is 35.4 Å². The standard InChI is InChI=1S/C19H30N2/c1-18(2)9-11-19(15-20,12-10-18)21-13-5-8-16-6-3-4-7-17(16)14-21/h3-4,6-7H,5,8-15,20H2,1-2H3. The van der Waals surface area contributed by atoms with Crippen molar-refractivity contribution < 1.29 is 0 Å². The fourth-order valence-corrected chi connectivity index (χ4v) is 4.15. The van der Waals surface area contributed by atoms with Gasteiger partial charge < -0.3 is 5.73 Å². The molecule has 21 heavy (non-hydrogen) atoms. The number of nitrogens with two attached hydrogens (primary N) is 1. The Morgan fingerprint density at radius 2 is 1.71 bits per heavy atom. The predicted molar refractivity (Wildman–Crippen MR) is 89.2 cm³/mol. The van der Waals surface area contributed by atoms with Gasteiger partial charge in [0.2, 0.25) is 0 Å². The molecular formula is C19H30N2. The van der Waals surface area contributed by atoms with E-state index in [-0.39, 0.29) is 5.54 Å². The summed E-state index contributed by atoms with van der Waals surface area (Å²) < 4.78 is 0. The minimum absolute atomic E-state index is 0.243. The lowest BCUT2D eigenvalue weighted by Gasteiger charge is -2.49. The van der Waals surface area contributed by atoms with Crippen molar-refractivity contribution in [3.63, 3.8) is 0 Å². The summed E-state index contributed by atoms with van der Waals surface area (Å²) in [6.45, 7) is 7.92. The highest BCUT2D eigenvalue weighted by molar-refractivity contribution is 5.28. The first-order valence-corrected chi connectivity index (χ1v) is 8.57. The van der Waals surface area contributed by atoms with E-state index in [2.05, 4.69) is 43.0 Å². The van der Waals surface area contributed by atoms with Crippen LogP contribution in [-0.4, -0.2) is 23.5 Å². The van der Waals surface area contributed by atoms with Crippen LogP contribution in [0.2, 0.25) is 0 Å². The number of fused-ring (bicyclic) bond motifs is 1. The summed E-state index contributed by atoms with van der Waals surface area (Å²) in [6, 6.07) is 8.97. The van der Waals surface area contributed by atoms with Crippen LogP contribution in [0.3, 0.4) is 0 Å². The van der Waals surface area contributed by atoms with Crippen molar-refractivity contribution >= 4 is 0 Å². The maximum atomic E-state index is 6.29. The minimum atomic E-state index is 0.243. The van der Waals surface area contributed by atoms with Crippen LogP contribution in [0.4, 0.5) is 0 Å². The number of benzene rings is 1. The third-order valence-corrected chi connectivity index (χ3v) is 5.94. The van der Waals surface area contributed by atoms with Crippen LogP contribution in [0, 0.1) is 5.41 Å². The van der Waals surface area contributed by atoms with Crippen molar-refractivity contribution in [3.8, 4) is 0 Å². The van der Waals surface area contributed by atoms with Crippen LogP contribution < -0.4 is 5.73 Å². The lowest BCUT2D eigenvalue weighted by molar-refractivity contribution is 0.0179. The zero-order valence-corrected chi connectivity index (χ0v) is 13.7. The Kier molecular flexibility index (Phi) is 4.11. The average molecular weight is 286 g/mol. The Hall–Kier alpha value is -0.860. The predicted octanol–water partition coefficient (Wildman–Crippen LogP) is 3.73. The van der Waals surface area contributed by atoms with E-state index >= 15 is 0 Å². The molecule has 0 saturated heterocycles. The zero-order chi connectivity index (χ0) is 14.9. The molecule has 0 amide bonds. The summed E-state index contributed by atoms with van der Waals surface area (Å²) in [6.07, 6.45) is 7.63. The lowest BCUT2D eigenvalue weighted by atomic mass is 9.68. The number of rotatable bonds is 2. The molecule has 0 spiro atoms. The van der Waals surface area contributed by atoms with E-state index in [1.54, 1.807) is 5.56 Å². The Morgan fingerprint density at radius 1 is 1.05 bits per heavy atom. The van der Waals surface area contributed by atoms with E-state index in [0.717, 1.165) is 13.1 Å². The second kappa shape index (κ2) is 5.73. The molecule has 2 nitrogen and oxygen atoms in total. The van der Waals surface area contributed by atoms with Gasteiger partial charge in [0, 0.05) is 18.6 Å². The second-order valence-electron chi connectivity index (χ2n) is 7.89. The van der Waals surface area contributed by atoms with Gasteiger partial charge in [-0.25, -0.2) is 0 Å². The summed E-state index contributed by atoms with van der Waals surface area (Å²) >= 11 is 0. The molecule has 1 aromatic carbocycles. The molecule has 1 aromatic rings. The van der Waals surface area contributed by atoms with Gasteiger partial charge in [-0.1, -0.05) is 38.1 Å². The van der Waals surface area contributed by atoms with Gasteiger partial charge in [0.25, 0.3) is 0 Å². The molecule has 2 heteroatoms. The molecule has 3 rings (SSSR count). The Labute approximate surface area is 129 Å². The molecule has 2 aliphatic rings. The molecule has 2 N–H and O–H groups in total. The van der Waals surface area contributed by atoms with E-state index in [1.165, 1.54) is 50.6 Å². The number of aryl methyl sites for hydroxylation is 1. The van der Waals surface area contributed by atoms with Gasteiger partial charge in [0.05, 0.1) is 0 Å². The summed E-state index contributed by atoms with van der Waals surface area (Å²) in [7, 11) is 0. The third kappa shape index (κ3) is 3.02. The highest BCUT2D eigenvalue weighted by atomic mass is 15.2. The molecule has 0 aromatic heterocycles. The molecule has 1 fully saturated rings. The summed E-state index contributed by atoms with van der Waals surface area (Å²) in [5.74, 6) is 0. The molecule has 0 bridgehead atoms. The van der Waals surface area contributed by atoms with Crippen LogP contribution >= 0.6 is 0 Å². The molecule has 0 atom stereocenters. The minimum Gasteiger partial charge on any atom is -0.329 e. The van der Waals surface area contributed by atoms with E-state index in [0.29, 0.717) is 5.41 Å². The van der Waals surface area contributed by atoms with Gasteiger partial charge in [-0.05, 0) is 61.6 Å². The number of nitrogens with zero attached hydrogens (tertiary/aromatic N) is 1. The first-order chi connectivity index (χ1) is 10.0. The van der Waals surface area contributed by atoms with Crippen molar-refractivity contribution in [1.82, 2.24) is 4.90 Å².